The topological polar surface area (TPSA) is 33.1 Å². The number of thiazole rings is 1. The van der Waals surface area contributed by atoms with Gasteiger partial charge in [-0.1, -0.05) is 13.3 Å². The zero-order chi connectivity index (χ0) is 12.3. The van der Waals surface area contributed by atoms with Crippen molar-refractivity contribution in [2.45, 2.75) is 19.8 Å². The molecule has 5 heteroatoms. The molecular formula is C12H14BrNOS2. The first-order valence-corrected chi connectivity index (χ1v) is 8.02. The van der Waals surface area contributed by atoms with Crippen molar-refractivity contribution in [3.63, 3.8) is 0 Å². The fourth-order valence-electron chi connectivity index (χ4n) is 1.55. The van der Waals surface area contributed by atoms with Crippen molar-refractivity contribution in [3.8, 4) is 10.6 Å². The van der Waals surface area contributed by atoms with E-state index in [9.17, 15) is 5.11 Å². The number of nitrogens with zero attached hydrogens (tertiary/aromatic N) is 1. The molecular weight excluding hydrogens is 318 g/mol. The van der Waals surface area contributed by atoms with Gasteiger partial charge in [-0.3, -0.25) is 0 Å². The number of aromatic nitrogens is 1. The Hall–Kier alpha value is -0.230. The first kappa shape index (κ1) is 13.2. The molecule has 2 aromatic heterocycles. The van der Waals surface area contributed by atoms with E-state index in [1.54, 1.807) is 22.7 Å². The first-order chi connectivity index (χ1) is 8.22. The van der Waals surface area contributed by atoms with Crippen molar-refractivity contribution < 1.29 is 5.11 Å². The van der Waals surface area contributed by atoms with Crippen LogP contribution in [0.1, 0.15) is 18.4 Å². The molecule has 1 unspecified atom stereocenters. The molecule has 0 spiro atoms. The predicted octanol–water partition coefficient (Wildman–Crippen LogP) is 4.20. The first-order valence-electron chi connectivity index (χ1n) is 5.54. The minimum atomic E-state index is 0.246. The Kier molecular flexibility index (Phi) is 4.73. The Labute approximate surface area is 117 Å². The summed E-state index contributed by atoms with van der Waals surface area (Å²) in [6.45, 7) is 2.35. The van der Waals surface area contributed by atoms with Crippen LogP contribution in [0.5, 0.6) is 0 Å². The van der Waals surface area contributed by atoms with Crippen molar-refractivity contribution in [1.82, 2.24) is 4.98 Å². The molecule has 0 aliphatic heterocycles. The Balaban J connectivity index is 2.10. The van der Waals surface area contributed by atoms with Crippen LogP contribution in [0, 0.1) is 5.92 Å². The van der Waals surface area contributed by atoms with E-state index in [4.69, 9.17) is 0 Å². The number of hydrogen-bond donors (Lipinski definition) is 1. The highest BCUT2D eigenvalue weighted by atomic mass is 79.9. The van der Waals surface area contributed by atoms with E-state index in [-0.39, 0.29) is 6.61 Å². The van der Waals surface area contributed by atoms with Gasteiger partial charge in [0.25, 0.3) is 0 Å². The average molecular weight is 332 g/mol. The van der Waals surface area contributed by atoms with Gasteiger partial charge < -0.3 is 5.11 Å². The fraction of sp³-hybridized carbons (Fsp3) is 0.417. The molecule has 0 fully saturated rings. The zero-order valence-corrected chi connectivity index (χ0v) is 12.7. The maximum absolute atomic E-state index is 9.19. The van der Waals surface area contributed by atoms with Crippen molar-refractivity contribution in [2.24, 2.45) is 5.92 Å². The monoisotopic (exact) mass is 331 g/mol. The van der Waals surface area contributed by atoms with Gasteiger partial charge in [0.1, 0.15) is 0 Å². The van der Waals surface area contributed by atoms with E-state index in [1.165, 1.54) is 4.88 Å². The van der Waals surface area contributed by atoms with Gasteiger partial charge in [-0.05, 0) is 34.0 Å². The molecule has 2 heterocycles. The van der Waals surface area contributed by atoms with E-state index in [2.05, 4.69) is 39.3 Å². The van der Waals surface area contributed by atoms with Crippen LogP contribution in [-0.2, 0) is 6.42 Å². The number of hydrogen-bond acceptors (Lipinski definition) is 4. The Morgan fingerprint density at radius 1 is 1.47 bits per heavy atom. The molecule has 0 saturated heterocycles. The molecule has 2 aromatic rings. The third-order valence-electron chi connectivity index (χ3n) is 2.68. The Morgan fingerprint density at radius 3 is 2.88 bits per heavy atom. The summed E-state index contributed by atoms with van der Waals surface area (Å²) in [5, 5.41) is 12.4. The molecule has 2 rings (SSSR count). The van der Waals surface area contributed by atoms with E-state index < -0.39 is 0 Å². The molecule has 0 aliphatic carbocycles. The van der Waals surface area contributed by atoms with Crippen LogP contribution in [0.2, 0.25) is 0 Å². The molecule has 1 N–H and O–H groups in total. The maximum atomic E-state index is 9.19. The highest BCUT2D eigenvalue weighted by Crippen LogP contribution is 2.32. The van der Waals surface area contributed by atoms with Crippen LogP contribution in [0.4, 0.5) is 0 Å². The van der Waals surface area contributed by atoms with Crippen molar-refractivity contribution in [2.75, 3.05) is 6.61 Å². The van der Waals surface area contributed by atoms with E-state index >= 15 is 0 Å². The van der Waals surface area contributed by atoms with Crippen LogP contribution in [0.25, 0.3) is 10.6 Å². The lowest BCUT2D eigenvalue weighted by atomic mass is 10.0. The Morgan fingerprint density at radius 2 is 2.29 bits per heavy atom. The number of thiophene rings is 1. The minimum Gasteiger partial charge on any atom is -0.396 e. The summed E-state index contributed by atoms with van der Waals surface area (Å²) in [6, 6.07) is 4.12. The fourth-order valence-corrected chi connectivity index (χ4v) is 3.89. The largest absolute Gasteiger partial charge is 0.396 e. The van der Waals surface area contributed by atoms with Crippen molar-refractivity contribution in [3.05, 3.63) is 26.3 Å². The quantitative estimate of drug-likeness (QED) is 0.890. The van der Waals surface area contributed by atoms with Crippen LogP contribution in [-0.4, -0.2) is 16.7 Å². The summed E-state index contributed by atoms with van der Waals surface area (Å²) in [7, 11) is 0. The summed E-state index contributed by atoms with van der Waals surface area (Å²) in [5.74, 6) is 0.337. The predicted molar refractivity (Wildman–Crippen MR) is 77.7 cm³/mol. The average Bonchev–Trinajstić information content (AvgIpc) is 2.94. The molecule has 1 atom stereocenters. The molecule has 17 heavy (non-hydrogen) atoms. The van der Waals surface area contributed by atoms with Gasteiger partial charge >= 0.3 is 0 Å². The van der Waals surface area contributed by atoms with Crippen LogP contribution in [0.3, 0.4) is 0 Å². The second-order valence-electron chi connectivity index (χ2n) is 3.89. The third-order valence-corrected chi connectivity index (χ3v) is 5.19. The molecule has 0 radical (unpaired) electrons. The number of halogens is 1. The summed E-state index contributed by atoms with van der Waals surface area (Å²) in [4.78, 5) is 5.82. The molecule has 0 aromatic carbocycles. The highest BCUT2D eigenvalue weighted by molar-refractivity contribution is 9.11. The standard InChI is InChI=1S/C12H14BrNOS2/c1-2-8(6-15)5-12-14-9(7-16-12)10-3-4-11(13)17-10/h3-4,7-8,15H,2,5-6H2,1H3. The van der Waals surface area contributed by atoms with Gasteiger partial charge in [0.2, 0.25) is 0 Å². The number of aliphatic hydroxyl groups excluding tert-OH is 1. The summed E-state index contributed by atoms with van der Waals surface area (Å²) in [5.41, 5.74) is 1.05. The third kappa shape index (κ3) is 3.37. The Bertz CT molecular complexity index is 476. The lowest BCUT2D eigenvalue weighted by Gasteiger charge is -2.07. The molecule has 0 amide bonds. The summed E-state index contributed by atoms with van der Waals surface area (Å²) in [6.07, 6.45) is 1.88. The highest BCUT2D eigenvalue weighted by Gasteiger charge is 2.11. The van der Waals surface area contributed by atoms with Gasteiger partial charge in [0, 0.05) is 18.4 Å². The zero-order valence-electron chi connectivity index (χ0n) is 9.52. The molecule has 0 aliphatic rings. The van der Waals surface area contributed by atoms with Crippen LogP contribution in [0.15, 0.2) is 21.3 Å². The molecule has 0 bridgehead atoms. The maximum Gasteiger partial charge on any atom is 0.0936 e. The summed E-state index contributed by atoms with van der Waals surface area (Å²) >= 11 is 6.84. The van der Waals surface area contributed by atoms with Crippen molar-refractivity contribution >= 4 is 38.6 Å². The lowest BCUT2D eigenvalue weighted by Crippen LogP contribution is -2.07. The van der Waals surface area contributed by atoms with Gasteiger partial charge in [-0.25, -0.2) is 4.98 Å². The van der Waals surface area contributed by atoms with Gasteiger partial charge in [-0.2, -0.15) is 0 Å². The number of aliphatic hydroxyl groups is 1. The van der Waals surface area contributed by atoms with Gasteiger partial charge in [0.15, 0.2) is 0 Å². The summed E-state index contributed by atoms with van der Waals surface area (Å²) < 4.78 is 1.13. The van der Waals surface area contributed by atoms with E-state index in [1.807, 2.05) is 6.07 Å². The molecule has 92 valence electrons. The van der Waals surface area contributed by atoms with Crippen LogP contribution < -0.4 is 0 Å². The SMILES string of the molecule is CCC(CO)Cc1nc(-c2ccc(Br)s2)cs1. The molecule has 2 nitrogen and oxygen atoms in total. The van der Waals surface area contributed by atoms with Gasteiger partial charge in [0.05, 0.1) is 19.4 Å². The minimum absolute atomic E-state index is 0.246. The van der Waals surface area contributed by atoms with Crippen LogP contribution >= 0.6 is 38.6 Å². The van der Waals surface area contributed by atoms with Crippen molar-refractivity contribution in [1.29, 1.82) is 0 Å². The van der Waals surface area contributed by atoms with E-state index in [0.717, 1.165) is 27.3 Å². The second-order valence-corrected chi connectivity index (χ2v) is 7.30. The van der Waals surface area contributed by atoms with E-state index in [0.29, 0.717) is 5.92 Å². The smallest absolute Gasteiger partial charge is 0.0936 e. The second kappa shape index (κ2) is 6.09. The molecule has 0 saturated carbocycles. The van der Waals surface area contributed by atoms with Gasteiger partial charge in [-0.15, -0.1) is 22.7 Å². The lowest BCUT2D eigenvalue weighted by molar-refractivity contribution is 0.222. The number of rotatable bonds is 5. The normalized spacial score (nSPS) is 12.9.